The normalized spacial score (nSPS) is 12.7. The van der Waals surface area contributed by atoms with Crippen molar-refractivity contribution in [2.24, 2.45) is 0 Å². The number of benzene rings is 1. The molecule has 0 spiro atoms. The van der Waals surface area contributed by atoms with Crippen molar-refractivity contribution in [3.8, 4) is 0 Å². The van der Waals surface area contributed by atoms with Crippen LogP contribution in [0.3, 0.4) is 0 Å². The standard InChI is InChI=1S/C13H10Br3F2NS/c1-2-19-12(7-4-11(15)20-13(7)16)6-3-10(18)8(14)5-9(6)17/h3-5,12,19H,2H2,1H3. The summed E-state index contributed by atoms with van der Waals surface area (Å²) in [6, 6.07) is 3.89. The van der Waals surface area contributed by atoms with Crippen LogP contribution in [0.25, 0.3) is 0 Å². The summed E-state index contributed by atoms with van der Waals surface area (Å²) < 4.78 is 29.8. The zero-order valence-corrected chi connectivity index (χ0v) is 15.9. The Balaban J connectivity index is 2.54. The third-order valence-electron chi connectivity index (χ3n) is 2.75. The Morgan fingerprint density at radius 3 is 2.35 bits per heavy atom. The number of hydrogen-bond acceptors (Lipinski definition) is 2. The number of nitrogens with one attached hydrogen (secondary N) is 1. The highest BCUT2D eigenvalue weighted by Crippen LogP contribution is 2.39. The highest BCUT2D eigenvalue weighted by Gasteiger charge is 2.22. The molecule has 0 aliphatic heterocycles. The molecular weight excluding hydrogens is 480 g/mol. The van der Waals surface area contributed by atoms with Gasteiger partial charge in [-0.2, -0.15) is 0 Å². The van der Waals surface area contributed by atoms with E-state index in [1.807, 2.05) is 13.0 Å². The third kappa shape index (κ3) is 3.50. The maximum atomic E-state index is 14.2. The molecule has 2 aromatic rings. The fourth-order valence-corrected chi connectivity index (χ4v) is 5.12. The van der Waals surface area contributed by atoms with Crippen molar-refractivity contribution in [1.82, 2.24) is 5.32 Å². The molecule has 2 rings (SSSR count). The van der Waals surface area contributed by atoms with Gasteiger partial charge in [-0.15, -0.1) is 11.3 Å². The van der Waals surface area contributed by atoms with Crippen LogP contribution in [-0.4, -0.2) is 6.54 Å². The van der Waals surface area contributed by atoms with Crippen LogP contribution in [0.4, 0.5) is 8.78 Å². The minimum Gasteiger partial charge on any atom is -0.306 e. The van der Waals surface area contributed by atoms with Crippen molar-refractivity contribution >= 4 is 59.1 Å². The highest BCUT2D eigenvalue weighted by molar-refractivity contribution is 9.12. The number of rotatable bonds is 4. The fourth-order valence-electron chi connectivity index (χ4n) is 1.90. The molecule has 20 heavy (non-hydrogen) atoms. The van der Waals surface area contributed by atoms with Crippen LogP contribution in [0, 0.1) is 11.6 Å². The van der Waals surface area contributed by atoms with E-state index in [9.17, 15) is 8.78 Å². The lowest BCUT2D eigenvalue weighted by molar-refractivity contribution is 0.542. The summed E-state index contributed by atoms with van der Waals surface area (Å²) >= 11 is 11.4. The molecule has 7 heteroatoms. The Kier molecular flexibility index (Phi) is 5.76. The quantitative estimate of drug-likeness (QED) is 0.518. The SMILES string of the molecule is CCNC(c1cc(F)c(Br)cc1F)c1cc(Br)sc1Br. The van der Waals surface area contributed by atoms with Gasteiger partial charge in [-0.25, -0.2) is 8.78 Å². The lowest BCUT2D eigenvalue weighted by Gasteiger charge is -2.19. The Labute approximate surface area is 145 Å². The number of halogens is 5. The summed E-state index contributed by atoms with van der Waals surface area (Å²) in [5, 5.41) is 3.19. The molecule has 1 nitrogen and oxygen atoms in total. The molecule has 108 valence electrons. The van der Waals surface area contributed by atoms with Gasteiger partial charge in [0.1, 0.15) is 11.6 Å². The maximum Gasteiger partial charge on any atom is 0.137 e. The van der Waals surface area contributed by atoms with Gasteiger partial charge in [-0.3, -0.25) is 0 Å². The lowest BCUT2D eigenvalue weighted by atomic mass is 10.0. The first kappa shape index (κ1) is 16.5. The molecule has 1 unspecified atom stereocenters. The Morgan fingerprint density at radius 2 is 1.80 bits per heavy atom. The Bertz CT molecular complexity index is 630. The molecule has 1 atom stereocenters. The van der Waals surface area contributed by atoms with Crippen LogP contribution in [0.5, 0.6) is 0 Å². The molecule has 0 fully saturated rings. The van der Waals surface area contributed by atoms with E-state index in [2.05, 4.69) is 53.1 Å². The predicted octanol–water partition coefficient (Wildman–Crippen LogP) is 6.01. The monoisotopic (exact) mass is 487 g/mol. The van der Waals surface area contributed by atoms with E-state index >= 15 is 0 Å². The van der Waals surface area contributed by atoms with Gasteiger partial charge < -0.3 is 5.32 Å². The van der Waals surface area contributed by atoms with Gasteiger partial charge in [0, 0.05) is 5.56 Å². The van der Waals surface area contributed by atoms with E-state index in [4.69, 9.17) is 0 Å². The largest absolute Gasteiger partial charge is 0.306 e. The topological polar surface area (TPSA) is 12.0 Å². The molecule has 1 heterocycles. The van der Waals surface area contributed by atoms with E-state index in [1.165, 1.54) is 17.4 Å². The van der Waals surface area contributed by atoms with Crippen molar-refractivity contribution in [3.05, 3.63) is 53.0 Å². The lowest BCUT2D eigenvalue weighted by Crippen LogP contribution is -2.23. The summed E-state index contributed by atoms with van der Waals surface area (Å²) in [4.78, 5) is 0. The van der Waals surface area contributed by atoms with Crippen molar-refractivity contribution in [2.45, 2.75) is 13.0 Å². The minimum atomic E-state index is -0.477. The molecule has 0 amide bonds. The van der Waals surface area contributed by atoms with Crippen molar-refractivity contribution < 1.29 is 8.78 Å². The predicted molar refractivity (Wildman–Crippen MR) is 89.3 cm³/mol. The maximum absolute atomic E-state index is 14.2. The smallest absolute Gasteiger partial charge is 0.137 e. The second kappa shape index (κ2) is 6.96. The minimum absolute atomic E-state index is 0.125. The zero-order chi connectivity index (χ0) is 14.9. The molecule has 1 aromatic carbocycles. The van der Waals surface area contributed by atoms with Crippen LogP contribution in [0.15, 0.2) is 30.2 Å². The van der Waals surface area contributed by atoms with Gasteiger partial charge in [-0.1, -0.05) is 6.92 Å². The molecule has 0 bridgehead atoms. The van der Waals surface area contributed by atoms with E-state index in [1.54, 1.807) is 0 Å². The average Bonchev–Trinajstić information content (AvgIpc) is 2.70. The molecule has 1 N–H and O–H groups in total. The van der Waals surface area contributed by atoms with Crippen LogP contribution in [0.2, 0.25) is 0 Å². The fraction of sp³-hybridized carbons (Fsp3) is 0.231. The first-order valence-electron chi connectivity index (χ1n) is 5.76. The van der Waals surface area contributed by atoms with E-state index in [0.29, 0.717) is 12.1 Å². The van der Waals surface area contributed by atoms with Crippen molar-refractivity contribution in [2.75, 3.05) is 6.54 Å². The second-order valence-electron chi connectivity index (χ2n) is 4.06. The first-order chi connectivity index (χ1) is 9.43. The second-order valence-corrected chi connectivity index (χ2v) is 8.66. The highest BCUT2D eigenvalue weighted by atomic mass is 79.9. The summed E-state index contributed by atoms with van der Waals surface area (Å²) in [6.45, 7) is 2.57. The Morgan fingerprint density at radius 1 is 1.10 bits per heavy atom. The first-order valence-corrected chi connectivity index (χ1v) is 8.96. The summed E-state index contributed by atoms with van der Waals surface area (Å²) in [7, 11) is 0. The van der Waals surface area contributed by atoms with Gasteiger partial charge in [0.25, 0.3) is 0 Å². The average molecular weight is 490 g/mol. The van der Waals surface area contributed by atoms with Gasteiger partial charge >= 0.3 is 0 Å². The van der Waals surface area contributed by atoms with Crippen LogP contribution >= 0.6 is 59.1 Å². The van der Waals surface area contributed by atoms with Gasteiger partial charge in [0.15, 0.2) is 0 Å². The molecule has 1 aromatic heterocycles. The molecule has 0 saturated heterocycles. The van der Waals surface area contributed by atoms with Gasteiger partial charge in [0.2, 0.25) is 0 Å². The zero-order valence-electron chi connectivity index (χ0n) is 10.3. The van der Waals surface area contributed by atoms with Gasteiger partial charge in [-0.05, 0) is 78.1 Å². The van der Waals surface area contributed by atoms with E-state index in [0.717, 1.165) is 19.2 Å². The molecule has 0 saturated carbocycles. The molecule has 0 radical (unpaired) electrons. The van der Waals surface area contributed by atoms with Crippen molar-refractivity contribution in [3.63, 3.8) is 0 Å². The van der Waals surface area contributed by atoms with Crippen LogP contribution in [0.1, 0.15) is 24.1 Å². The van der Waals surface area contributed by atoms with Crippen molar-refractivity contribution in [1.29, 1.82) is 0 Å². The van der Waals surface area contributed by atoms with Gasteiger partial charge in [0.05, 0.1) is 18.1 Å². The molecular formula is C13H10Br3F2NS. The summed E-state index contributed by atoms with van der Waals surface area (Å²) in [5.74, 6) is -0.923. The third-order valence-corrected chi connectivity index (χ3v) is 5.75. The Hall–Kier alpha value is 0.180. The van der Waals surface area contributed by atoms with E-state index in [-0.39, 0.29) is 4.47 Å². The van der Waals surface area contributed by atoms with E-state index < -0.39 is 17.7 Å². The van der Waals surface area contributed by atoms with Crippen LogP contribution < -0.4 is 5.32 Å². The molecule has 0 aliphatic rings. The summed E-state index contributed by atoms with van der Waals surface area (Å²) in [5.41, 5.74) is 1.17. The summed E-state index contributed by atoms with van der Waals surface area (Å²) in [6.07, 6.45) is 0. The van der Waals surface area contributed by atoms with Crippen LogP contribution in [-0.2, 0) is 0 Å². The number of hydrogen-bond donors (Lipinski definition) is 1. The molecule has 0 aliphatic carbocycles. The number of thiophene rings is 1.